The van der Waals surface area contributed by atoms with E-state index in [0.29, 0.717) is 0 Å². The number of fused-ring (bicyclic) bond motifs is 1. The molecule has 0 radical (unpaired) electrons. The van der Waals surface area contributed by atoms with E-state index in [1.54, 1.807) is 0 Å². The third-order valence-corrected chi connectivity index (χ3v) is 3.94. The fourth-order valence-corrected chi connectivity index (χ4v) is 2.42. The van der Waals surface area contributed by atoms with Crippen LogP contribution in [-0.4, -0.2) is 0 Å². The Morgan fingerprint density at radius 3 is 2.56 bits per heavy atom. The van der Waals surface area contributed by atoms with Gasteiger partial charge in [0.2, 0.25) is 0 Å². The van der Waals surface area contributed by atoms with Gasteiger partial charge in [-0.25, -0.2) is 0 Å². The second-order valence-electron chi connectivity index (χ2n) is 4.99. The molecule has 84 valence electrons. The van der Waals surface area contributed by atoms with E-state index >= 15 is 0 Å². The Labute approximate surface area is 98.1 Å². The smallest absolute Gasteiger partial charge is 0.0791 e. The maximum atomic E-state index is 9.29. The standard InChI is InChI=1S/C15H19N/c1-3-15(2,11-16)14-9-8-12-6-4-5-7-13(12)10-14/h8-10H,3-7H2,1-2H3. The summed E-state index contributed by atoms with van der Waals surface area (Å²) in [5.74, 6) is 0. The van der Waals surface area contributed by atoms with E-state index in [9.17, 15) is 5.26 Å². The van der Waals surface area contributed by atoms with Crippen LogP contribution in [0.2, 0.25) is 0 Å². The van der Waals surface area contributed by atoms with E-state index in [1.807, 2.05) is 6.92 Å². The van der Waals surface area contributed by atoms with Crippen LogP contribution in [0, 0.1) is 11.3 Å². The van der Waals surface area contributed by atoms with Crippen molar-refractivity contribution in [2.75, 3.05) is 0 Å². The lowest BCUT2D eigenvalue weighted by molar-refractivity contribution is 0.583. The quantitative estimate of drug-likeness (QED) is 0.734. The van der Waals surface area contributed by atoms with E-state index in [2.05, 4.69) is 31.2 Å². The van der Waals surface area contributed by atoms with Crippen LogP contribution in [0.15, 0.2) is 18.2 Å². The molecule has 0 bridgehead atoms. The Balaban J connectivity index is 2.41. The molecule has 0 spiro atoms. The molecule has 0 amide bonds. The van der Waals surface area contributed by atoms with Gasteiger partial charge in [0, 0.05) is 0 Å². The highest BCUT2D eigenvalue weighted by Gasteiger charge is 2.25. The third-order valence-electron chi connectivity index (χ3n) is 3.94. The summed E-state index contributed by atoms with van der Waals surface area (Å²) in [7, 11) is 0. The fraction of sp³-hybridized carbons (Fsp3) is 0.533. The minimum Gasteiger partial charge on any atom is -0.197 e. The zero-order chi connectivity index (χ0) is 11.6. The lowest BCUT2D eigenvalue weighted by Gasteiger charge is -2.23. The fourth-order valence-electron chi connectivity index (χ4n) is 2.42. The first-order valence-electron chi connectivity index (χ1n) is 6.23. The van der Waals surface area contributed by atoms with Crippen LogP contribution < -0.4 is 0 Å². The first-order chi connectivity index (χ1) is 7.69. The molecule has 1 aromatic rings. The van der Waals surface area contributed by atoms with Crippen molar-refractivity contribution in [1.29, 1.82) is 5.26 Å². The highest BCUT2D eigenvalue weighted by atomic mass is 14.4. The molecule has 0 saturated carbocycles. The number of hydrogen-bond donors (Lipinski definition) is 0. The Bertz CT molecular complexity index is 428. The van der Waals surface area contributed by atoms with Crippen LogP contribution in [0.5, 0.6) is 0 Å². The minimum absolute atomic E-state index is 0.313. The van der Waals surface area contributed by atoms with Crippen molar-refractivity contribution in [3.8, 4) is 6.07 Å². The van der Waals surface area contributed by atoms with Crippen molar-refractivity contribution in [1.82, 2.24) is 0 Å². The first-order valence-corrected chi connectivity index (χ1v) is 6.23. The summed E-state index contributed by atoms with van der Waals surface area (Å²) in [4.78, 5) is 0. The maximum absolute atomic E-state index is 9.29. The molecule has 1 aliphatic rings. The molecule has 1 unspecified atom stereocenters. The van der Waals surface area contributed by atoms with Crippen molar-refractivity contribution in [2.45, 2.75) is 51.4 Å². The van der Waals surface area contributed by atoms with Crippen molar-refractivity contribution in [3.05, 3.63) is 34.9 Å². The van der Waals surface area contributed by atoms with E-state index in [-0.39, 0.29) is 5.41 Å². The largest absolute Gasteiger partial charge is 0.197 e. The Hall–Kier alpha value is -1.29. The van der Waals surface area contributed by atoms with Gasteiger partial charge < -0.3 is 0 Å². The average Bonchev–Trinajstić information content (AvgIpc) is 2.37. The lowest BCUT2D eigenvalue weighted by Crippen LogP contribution is -2.19. The summed E-state index contributed by atoms with van der Waals surface area (Å²) in [6, 6.07) is 9.10. The molecule has 2 rings (SSSR count). The highest BCUT2D eigenvalue weighted by molar-refractivity contribution is 5.39. The van der Waals surface area contributed by atoms with Crippen molar-refractivity contribution in [3.63, 3.8) is 0 Å². The van der Waals surface area contributed by atoms with E-state index in [4.69, 9.17) is 0 Å². The molecule has 1 aromatic carbocycles. The van der Waals surface area contributed by atoms with Crippen LogP contribution in [-0.2, 0) is 18.3 Å². The van der Waals surface area contributed by atoms with Crippen molar-refractivity contribution >= 4 is 0 Å². The zero-order valence-electron chi connectivity index (χ0n) is 10.2. The predicted octanol–water partition coefficient (Wildman–Crippen LogP) is 3.76. The zero-order valence-corrected chi connectivity index (χ0v) is 10.2. The Kier molecular flexibility index (Phi) is 3.01. The predicted molar refractivity (Wildman–Crippen MR) is 66.3 cm³/mol. The molecule has 1 atom stereocenters. The SMILES string of the molecule is CCC(C)(C#N)c1ccc2c(c1)CCCC2. The third kappa shape index (κ3) is 1.85. The van der Waals surface area contributed by atoms with Gasteiger partial charge in [0.1, 0.15) is 0 Å². The summed E-state index contributed by atoms with van der Waals surface area (Å²) in [6.07, 6.45) is 5.89. The molecule has 0 saturated heterocycles. The van der Waals surface area contributed by atoms with Crippen LogP contribution in [0.25, 0.3) is 0 Å². The second kappa shape index (κ2) is 4.29. The number of aryl methyl sites for hydroxylation is 2. The summed E-state index contributed by atoms with van der Waals surface area (Å²) in [5.41, 5.74) is 3.84. The van der Waals surface area contributed by atoms with Crippen LogP contribution >= 0.6 is 0 Å². The molecule has 0 N–H and O–H groups in total. The summed E-state index contributed by atoms with van der Waals surface area (Å²) in [6.45, 7) is 4.13. The van der Waals surface area contributed by atoms with Gasteiger partial charge in [-0.2, -0.15) is 5.26 Å². The van der Waals surface area contributed by atoms with Gasteiger partial charge >= 0.3 is 0 Å². The number of hydrogen-bond acceptors (Lipinski definition) is 1. The number of nitrogens with zero attached hydrogens (tertiary/aromatic N) is 1. The molecular weight excluding hydrogens is 194 g/mol. The normalized spacial score (nSPS) is 18.3. The van der Waals surface area contributed by atoms with Crippen molar-refractivity contribution in [2.24, 2.45) is 0 Å². The van der Waals surface area contributed by atoms with Crippen LogP contribution in [0.4, 0.5) is 0 Å². The Morgan fingerprint density at radius 1 is 1.25 bits per heavy atom. The number of nitriles is 1. The molecule has 1 nitrogen and oxygen atoms in total. The molecular formula is C15H19N. The molecule has 1 aliphatic carbocycles. The second-order valence-corrected chi connectivity index (χ2v) is 4.99. The van der Waals surface area contributed by atoms with Crippen LogP contribution in [0.1, 0.15) is 49.8 Å². The monoisotopic (exact) mass is 213 g/mol. The molecule has 0 aliphatic heterocycles. The maximum Gasteiger partial charge on any atom is 0.0791 e. The summed E-state index contributed by atoms with van der Waals surface area (Å²) >= 11 is 0. The first kappa shape index (κ1) is 11.2. The minimum atomic E-state index is -0.313. The summed E-state index contributed by atoms with van der Waals surface area (Å²) in [5, 5.41) is 9.29. The average molecular weight is 213 g/mol. The van der Waals surface area contributed by atoms with Crippen LogP contribution in [0.3, 0.4) is 0 Å². The number of rotatable bonds is 2. The molecule has 0 heterocycles. The number of benzene rings is 1. The van der Waals surface area contributed by atoms with Gasteiger partial charge in [-0.1, -0.05) is 25.1 Å². The van der Waals surface area contributed by atoms with Gasteiger partial charge in [0.15, 0.2) is 0 Å². The molecule has 1 heteroatoms. The Morgan fingerprint density at radius 2 is 1.94 bits per heavy atom. The topological polar surface area (TPSA) is 23.8 Å². The van der Waals surface area contributed by atoms with Gasteiger partial charge in [-0.3, -0.25) is 0 Å². The molecule has 0 fully saturated rings. The van der Waals surface area contributed by atoms with Gasteiger partial charge in [0.05, 0.1) is 11.5 Å². The van der Waals surface area contributed by atoms with E-state index in [1.165, 1.54) is 42.4 Å². The highest BCUT2D eigenvalue weighted by Crippen LogP contribution is 2.30. The molecule has 0 aromatic heterocycles. The van der Waals surface area contributed by atoms with E-state index < -0.39 is 0 Å². The summed E-state index contributed by atoms with van der Waals surface area (Å²) < 4.78 is 0. The van der Waals surface area contributed by atoms with Crippen molar-refractivity contribution < 1.29 is 0 Å². The van der Waals surface area contributed by atoms with E-state index in [0.717, 1.165) is 6.42 Å². The van der Waals surface area contributed by atoms with Gasteiger partial charge in [-0.15, -0.1) is 0 Å². The lowest BCUT2D eigenvalue weighted by atomic mass is 9.79. The van der Waals surface area contributed by atoms with Gasteiger partial charge in [0.25, 0.3) is 0 Å². The van der Waals surface area contributed by atoms with Gasteiger partial charge in [-0.05, 0) is 55.7 Å². The molecule has 16 heavy (non-hydrogen) atoms.